The molecule has 0 saturated carbocycles. The number of methoxy groups -OCH3 is 1. The summed E-state index contributed by atoms with van der Waals surface area (Å²) in [6, 6.07) is 2.80. The lowest BCUT2D eigenvalue weighted by Gasteiger charge is -2.10. The lowest BCUT2D eigenvalue weighted by molar-refractivity contribution is -0.383. The Bertz CT molecular complexity index is 714. The summed E-state index contributed by atoms with van der Waals surface area (Å²) in [4.78, 5) is 18.1. The zero-order valence-electron chi connectivity index (χ0n) is 12.0. The predicted octanol–water partition coefficient (Wildman–Crippen LogP) is 2.46. The number of nitrogens with one attached hydrogen (secondary N) is 2. The van der Waals surface area contributed by atoms with Crippen molar-refractivity contribution in [3.05, 3.63) is 46.3 Å². The number of hydrogen-bond donors (Lipinski definition) is 2. The van der Waals surface area contributed by atoms with Crippen molar-refractivity contribution in [2.45, 2.75) is 0 Å². The molecule has 0 atom stereocenters. The molecule has 2 rings (SSSR count). The quantitative estimate of drug-likeness (QED) is 0.458. The van der Waals surface area contributed by atoms with E-state index in [1.807, 2.05) is 0 Å². The van der Waals surface area contributed by atoms with Crippen molar-refractivity contribution in [1.82, 2.24) is 9.97 Å². The zero-order chi connectivity index (χ0) is 16.8. The number of aromatic nitrogens is 2. The van der Waals surface area contributed by atoms with Gasteiger partial charge in [0.2, 0.25) is 11.6 Å². The first-order valence-electron chi connectivity index (χ1n) is 6.47. The Morgan fingerprint density at radius 3 is 2.70 bits per heavy atom. The van der Waals surface area contributed by atoms with E-state index >= 15 is 0 Å². The first kappa shape index (κ1) is 16.5. The van der Waals surface area contributed by atoms with E-state index in [1.165, 1.54) is 7.11 Å². The largest absolute Gasteiger partial charge is 0.383 e. The summed E-state index contributed by atoms with van der Waals surface area (Å²) < 4.78 is 31.4. The number of hydrogen-bond acceptors (Lipinski definition) is 7. The van der Waals surface area contributed by atoms with E-state index in [9.17, 15) is 18.9 Å². The summed E-state index contributed by atoms with van der Waals surface area (Å²) in [5, 5.41) is 16.5. The van der Waals surface area contributed by atoms with Gasteiger partial charge in [-0.1, -0.05) is 0 Å². The monoisotopic (exact) mass is 325 g/mol. The molecule has 1 aromatic heterocycles. The molecule has 0 spiro atoms. The van der Waals surface area contributed by atoms with Gasteiger partial charge in [0.1, 0.15) is 18.0 Å². The molecule has 122 valence electrons. The maximum absolute atomic E-state index is 13.7. The predicted molar refractivity (Wildman–Crippen MR) is 78.7 cm³/mol. The minimum atomic E-state index is -0.896. The Hall–Kier alpha value is -2.88. The summed E-state index contributed by atoms with van der Waals surface area (Å²) in [5.74, 6) is -1.90. The van der Waals surface area contributed by atoms with Crippen LogP contribution < -0.4 is 10.6 Å². The topological polar surface area (TPSA) is 102 Å². The Morgan fingerprint density at radius 2 is 2.04 bits per heavy atom. The first-order chi connectivity index (χ1) is 11.0. The van der Waals surface area contributed by atoms with Crippen molar-refractivity contribution in [3.8, 4) is 0 Å². The number of rotatable bonds is 7. The number of nitrogens with zero attached hydrogens (tertiary/aromatic N) is 3. The molecule has 0 bridgehead atoms. The van der Waals surface area contributed by atoms with Crippen LogP contribution in [0.15, 0.2) is 24.5 Å². The van der Waals surface area contributed by atoms with Gasteiger partial charge >= 0.3 is 5.69 Å². The van der Waals surface area contributed by atoms with Crippen molar-refractivity contribution in [2.24, 2.45) is 0 Å². The van der Waals surface area contributed by atoms with Crippen LogP contribution in [0.3, 0.4) is 0 Å². The van der Waals surface area contributed by atoms with E-state index in [0.717, 1.165) is 18.5 Å². The first-order valence-corrected chi connectivity index (χ1v) is 6.47. The third kappa shape index (κ3) is 4.07. The van der Waals surface area contributed by atoms with Crippen LogP contribution in [0.2, 0.25) is 0 Å². The molecule has 2 aromatic rings. The van der Waals surface area contributed by atoms with Gasteiger partial charge in [0, 0.05) is 19.7 Å². The third-order valence-electron chi connectivity index (χ3n) is 2.79. The number of ether oxygens (including phenoxy) is 1. The molecular formula is C13H13F2N5O3. The van der Waals surface area contributed by atoms with Gasteiger partial charge in [-0.3, -0.25) is 10.1 Å². The zero-order valence-corrected chi connectivity index (χ0v) is 12.0. The van der Waals surface area contributed by atoms with Crippen LogP contribution in [0.1, 0.15) is 0 Å². The van der Waals surface area contributed by atoms with Crippen molar-refractivity contribution >= 4 is 23.0 Å². The molecule has 1 aromatic carbocycles. The third-order valence-corrected chi connectivity index (χ3v) is 2.79. The summed E-state index contributed by atoms with van der Waals surface area (Å²) in [6.07, 6.45) is 1.09. The Balaban J connectivity index is 2.33. The van der Waals surface area contributed by atoms with Gasteiger partial charge in [0.05, 0.1) is 17.2 Å². The maximum atomic E-state index is 13.7. The highest BCUT2D eigenvalue weighted by Gasteiger charge is 2.23. The van der Waals surface area contributed by atoms with Crippen molar-refractivity contribution < 1.29 is 18.4 Å². The van der Waals surface area contributed by atoms with Crippen LogP contribution in [0.5, 0.6) is 0 Å². The van der Waals surface area contributed by atoms with Crippen molar-refractivity contribution in [3.63, 3.8) is 0 Å². The SMILES string of the molecule is COCCNc1ncnc(Nc2ccc(F)cc2F)c1[N+](=O)[O-]. The minimum Gasteiger partial charge on any atom is -0.383 e. The van der Waals surface area contributed by atoms with Gasteiger partial charge in [0.25, 0.3) is 0 Å². The Labute approximate surface area is 129 Å². The van der Waals surface area contributed by atoms with Crippen LogP contribution in [0, 0.1) is 21.7 Å². The molecule has 0 unspecified atom stereocenters. The van der Waals surface area contributed by atoms with Crippen LogP contribution in [0.4, 0.5) is 31.8 Å². The summed E-state index contributed by atoms with van der Waals surface area (Å²) in [7, 11) is 1.49. The van der Waals surface area contributed by atoms with Gasteiger partial charge in [-0.25, -0.2) is 18.7 Å². The second kappa shape index (κ2) is 7.40. The van der Waals surface area contributed by atoms with E-state index in [4.69, 9.17) is 4.74 Å². The summed E-state index contributed by atoms with van der Waals surface area (Å²) in [5.41, 5.74) is -0.594. The van der Waals surface area contributed by atoms with Crippen molar-refractivity contribution in [1.29, 1.82) is 0 Å². The van der Waals surface area contributed by atoms with Crippen molar-refractivity contribution in [2.75, 3.05) is 30.9 Å². The standard InChI is InChI=1S/C13H13F2N5O3/c1-23-5-4-16-12-11(20(21)22)13(18-7-17-12)19-10-3-2-8(14)6-9(10)15/h2-3,6-7H,4-5H2,1H3,(H2,16,17,18,19). The van der Waals surface area contributed by atoms with Crippen LogP contribution >= 0.6 is 0 Å². The fourth-order valence-corrected chi connectivity index (χ4v) is 1.76. The number of nitro groups is 1. The average Bonchev–Trinajstić information content (AvgIpc) is 2.50. The summed E-state index contributed by atoms with van der Waals surface area (Å²) >= 11 is 0. The molecule has 0 aliphatic carbocycles. The highest BCUT2D eigenvalue weighted by atomic mass is 19.1. The highest BCUT2D eigenvalue weighted by Crippen LogP contribution is 2.31. The number of benzene rings is 1. The maximum Gasteiger partial charge on any atom is 0.353 e. The molecule has 0 aliphatic heterocycles. The lowest BCUT2D eigenvalue weighted by Crippen LogP contribution is -2.12. The van der Waals surface area contributed by atoms with E-state index in [2.05, 4.69) is 20.6 Å². The van der Waals surface area contributed by atoms with E-state index in [-0.39, 0.29) is 17.3 Å². The van der Waals surface area contributed by atoms with E-state index in [1.54, 1.807) is 0 Å². The van der Waals surface area contributed by atoms with Gasteiger partial charge in [-0.05, 0) is 12.1 Å². The number of anilines is 3. The minimum absolute atomic E-state index is 0.0351. The molecule has 2 N–H and O–H groups in total. The molecule has 8 nitrogen and oxygen atoms in total. The molecule has 0 aliphatic rings. The molecular weight excluding hydrogens is 312 g/mol. The normalized spacial score (nSPS) is 10.4. The Kier molecular flexibility index (Phi) is 5.31. The van der Waals surface area contributed by atoms with E-state index < -0.39 is 22.2 Å². The van der Waals surface area contributed by atoms with Gasteiger partial charge < -0.3 is 15.4 Å². The summed E-state index contributed by atoms with van der Waals surface area (Å²) in [6.45, 7) is 0.606. The second-order valence-corrected chi connectivity index (χ2v) is 4.35. The van der Waals surface area contributed by atoms with Gasteiger partial charge in [-0.2, -0.15) is 0 Å². The molecule has 0 radical (unpaired) electrons. The highest BCUT2D eigenvalue weighted by molar-refractivity contribution is 5.73. The molecule has 10 heteroatoms. The molecule has 0 amide bonds. The molecule has 0 fully saturated rings. The fraction of sp³-hybridized carbons (Fsp3) is 0.231. The van der Waals surface area contributed by atoms with Crippen LogP contribution in [-0.2, 0) is 4.74 Å². The molecule has 0 saturated heterocycles. The fourth-order valence-electron chi connectivity index (χ4n) is 1.76. The average molecular weight is 325 g/mol. The number of halogens is 2. The molecule has 23 heavy (non-hydrogen) atoms. The van der Waals surface area contributed by atoms with E-state index in [0.29, 0.717) is 19.2 Å². The van der Waals surface area contributed by atoms with Gasteiger partial charge in [0.15, 0.2) is 0 Å². The van der Waals surface area contributed by atoms with Crippen LogP contribution in [-0.4, -0.2) is 35.2 Å². The van der Waals surface area contributed by atoms with Crippen LogP contribution in [0.25, 0.3) is 0 Å². The Morgan fingerprint density at radius 1 is 1.30 bits per heavy atom. The smallest absolute Gasteiger partial charge is 0.353 e. The molecule has 1 heterocycles. The second-order valence-electron chi connectivity index (χ2n) is 4.35. The van der Waals surface area contributed by atoms with Gasteiger partial charge in [-0.15, -0.1) is 0 Å². The lowest BCUT2D eigenvalue weighted by atomic mass is 10.3.